The van der Waals surface area contributed by atoms with Gasteiger partial charge in [0.05, 0.1) is 12.6 Å². The van der Waals surface area contributed by atoms with Gasteiger partial charge in [-0.05, 0) is 13.0 Å². The smallest absolute Gasteiger partial charge is 0.248 e. The molecule has 1 amide bonds. The van der Waals surface area contributed by atoms with E-state index in [1.807, 2.05) is 31.2 Å². The first-order valence-electron chi connectivity index (χ1n) is 9.70. The lowest BCUT2D eigenvalue weighted by Crippen LogP contribution is -2.39. The molecule has 2 atom stereocenters. The molecule has 27 heavy (non-hydrogen) atoms. The van der Waals surface area contributed by atoms with Gasteiger partial charge >= 0.3 is 0 Å². The van der Waals surface area contributed by atoms with E-state index >= 15 is 0 Å². The summed E-state index contributed by atoms with van der Waals surface area (Å²) in [6.45, 7) is 7.49. The van der Waals surface area contributed by atoms with Crippen molar-refractivity contribution in [2.45, 2.75) is 32.7 Å². The van der Waals surface area contributed by atoms with E-state index in [1.54, 1.807) is 6.08 Å². The topological polar surface area (TPSA) is 53.9 Å². The highest BCUT2D eigenvalue weighted by Gasteiger charge is 2.30. The summed E-state index contributed by atoms with van der Waals surface area (Å²) in [5, 5.41) is 3.00. The maximum absolute atomic E-state index is 12.8. The number of dihydropyridines is 1. The van der Waals surface area contributed by atoms with Crippen LogP contribution in [0.15, 0.2) is 40.9 Å². The minimum atomic E-state index is -0.0916. The highest BCUT2D eigenvalue weighted by molar-refractivity contribution is 7.94. The first-order chi connectivity index (χ1) is 13.2. The summed E-state index contributed by atoms with van der Waals surface area (Å²) in [5.41, 5.74) is 0.685. The van der Waals surface area contributed by atoms with Crippen LogP contribution in [0.5, 0.6) is 0 Å². The third kappa shape index (κ3) is 6.81. The Hall–Kier alpha value is -1.60. The summed E-state index contributed by atoms with van der Waals surface area (Å²) in [7, 11) is 0. The van der Waals surface area contributed by atoms with Crippen molar-refractivity contribution in [1.29, 1.82) is 0 Å². The zero-order valence-electron chi connectivity index (χ0n) is 16.2. The first kappa shape index (κ1) is 21.7. The second kappa shape index (κ2) is 12.0. The highest BCUT2D eigenvalue weighted by Crippen LogP contribution is 2.28. The van der Waals surface area contributed by atoms with Crippen molar-refractivity contribution in [3.05, 3.63) is 36.0 Å². The average molecular weight is 396 g/mol. The van der Waals surface area contributed by atoms with Gasteiger partial charge in [0.1, 0.15) is 0 Å². The maximum Gasteiger partial charge on any atom is 0.248 e. The number of fused-ring (bicyclic) bond motifs is 1. The predicted molar refractivity (Wildman–Crippen MR) is 111 cm³/mol. The Morgan fingerprint density at radius 3 is 2.89 bits per heavy atom. The van der Waals surface area contributed by atoms with Gasteiger partial charge in [-0.15, -0.1) is 0 Å². The Morgan fingerprint density at radius 2 is 2.15 bits per heavy atom. The molecule has 0 aromatic heterocycles. The largest absolute Gasteiger partial charge is 0.478 e. The van der Waals surface area contributed by atoms with Crippen molar-refractivity contribution in [2.24, 2.45) is 10.9 Å². The van der Waals surface area contributed by atoms with Crippen LogP contribution in [0.4, 0.5) is 3.89 Å². The molecule has 0 aromatic rings. The molecule has 0 radical (unpaired) electrons. The molecule has 7 heteroatoms. The van der Waals surface area contributed by atoms with Gasteiger partial charge in [-0.2, -0.15) is 3.89 Å². The Balaban J connectivity index is 1.95. The molecule has 0 bridgehead atoms. The molecule has 2 rings (SSSR count). The summed E-state index contributed by atoms with van der Waals surface area (Å²) in [4.78, 5) is 19.5. The molecule has 150 valence electrons. The number of halogens is 1. The van der Waals surface area contributed by atoms with Crippen LogP contribution in [-0.4, -0.2) is 61.3 Å². The molecule has 0 fully saturated rings. The Morgan fingerprint density at radius 1 is 1.33 bits per heavy atom. The number of unbranched alkanes of at least 4 members (excludes halogenated alkanes) is 1. The summed E-state index contributed by atoms with van der Waals surface area (Å²) in [6, 6.07) is -0.0916. The molecule has 0 saturated heterocycles. The fraction of sp³-hybridized carbons (Fsp3) is 0.600. The minimum absolute atomic E-state index is 0.0567. The van der Waals surface area contributed by atoms with Crippen molar-refractivity contribution in [2.75, 3.05) is 38.5 Å². The van der Waals surface area contributed by atoms with Crippen molar-refractivity contribution >= 4 is 24.0 Å². The van der Waals surface area contributed by atoms with Gasteiger partial charge in [-0.25, -0.2) is 4.99 Å². The van der Waals surface area contributed by atoms with E-state index in [-0.39, 0.29) is 17.9 Å². The number of carbonyl (C=O) groups excluding carboxylic acids is 1. The summed E-state index contributed by atoms with van der Waals surface area (Å²) >= 11 is 0.349. The Labute approximate surface area is 166 Å². The van der Waals surface area contributed by atoms with E-state index < -0.39 is 0 Å². The van der Waals surface area contributed by atoms with Crippen LogP contribution in [-0.2, 0) is 9.53 Å². The van der Waals surface area contributed by atoms with Gasteiger partial charge in [0.2, 0.25) is 11.8 Å². The lowest BCUT2D eigenvalue weighted by Gasteiger charge is -2.28. The monoisotopic (exact) mass is 395 g/mol. The SMILES string of the molecule is CCCCOC1=NC2C=CC=CC2C(C(=O)NCCN(CC)CCSF)=C1. The molecule has 5 nitrogen and oxygen atoms in total. The third-order valence-electron chi connectivity index (χ3n) is 4.68. The van der Waals surface area contributed by atoms with Crippen LogP contribution in [0.25, 0.3) is 0 Å². The normalized spacial score (nSPS) is 20.9. The lowest BCUT2D eigenvalue weighted by atomic mass is 9.85. The second-order valence-electron chi connectivity index (χ2n) is 6.56. The minimum Gasteiger partial charge on any atom is -0.478 e. The van der Waals surface area contributed by atoms with Crippen LogP contribution in [0.3, 0.4) is 0 Å². The molecule has 0 saturated carbocycles. The van der Waals surface area contributed by atoms with Crippen LogP contribution in [0.1, 0.15) is 26.7 Å². The number of allylic oxidation sites excluding steroid dienone is 2. The van der Waals surface area contributed by atoms with E-state index in [0.717, 1.165) is 19.4 Å². The van der Waals surface area contributed by atoms with Crippen molar-refractivity contribution in [3.8, 4) is 0 Å². The van der Waals surface area contributed by atoms with Gasteiger partial charge in [0.15, 0.2) is 0 Å². The number of hydrogen-bond donors (Lipinski definition) is 1. The number of nitrogens with one attached hydrogen (secondary N) is 1. The molecule has 0 spiro atoms. The number of rotatable bonds is 11. The Kier molecular flexibility index (Phi) is 9.62. The molecular formula is C20H30FN3O2S. The number of aliphatic imine (C=N–C) groups is 1. The van der Waals surface area contributed by atoms with Gasteiger partial charge in [0.25, 0.3) is 0 Å². The number of amides is 1. The Bertz CT molecular complexity index is 604. The molecule has 1 N–H and O–H groups in total. The second-order valence-corrected chi connectivity index (χ2v) is 7.19. The van der Waals surface area contributed by atoms with Gasteiger partial charge in [0, 0.05) is 55.1 Å². The molecule has 1 aliphatic carbocycles. The fourth-order valence-electron chi connectivity index (χ4n) is 3.06. The van der Waals surface area contributed by atoms with E-state index in [4.69, 9.17) is 4.74 Å². The summed E-state index contributed by atoms with van der Waals surface area (Å²) < 4.78 is 18.0. The zero-order valence-corrected chi connectivity index (χ0v) is 17.0. The van der Waals surface area contributed by atoms with E-state index in [9.17, 15) is 8.68 Å². The lowest BCUT2D eigenvalue weighted by molar-refractivity contribution is -0.118. The van der Waals surface area contributed by atoms with Crippen LogP contribution >= 0.6 is 12.1 Å². The molecule has 0 aromatic carbocycles. The highest BCUT2D eigenvalue weighted by atomic mass is 32.2. The molecule has 2 unspecified atom stereocenters. The van der Waals surface area contributed by atoms with Crippen LogP contribution in [0, 0.1) is 5.92 Å². The van der Waals surface area contributed by atoms with E-state index in [0.29, 0.717) is 55.6 Å². The third-order valence-corrected chi connectivity index (χ3v) is 5.01. The maximum atomic E-state index is 12.8. The van der Waals surface area contributed by atoms with Crippen molar-refractivity contribution < 1.29 is 13.4 Å². The van der Waals surface area contributed by atoms with Crippen molar-refractivity contribution in [1.82, 2.24) is 10.2 Å². The van der Waals surface area contributed by atoms with Crippen LogP contribution < -0.4 is 5.32 Å². The molecular weight excluding hydrogens is 365 g/mol. The molecule has 1 aliphatic heterocycles. The fourth-order valence-corrected chi connectivity index (χ4v) is 3.39. The number of nitrogens with zero attached hydrogens (tertiary/aromatic N) is 2. The molecule has 1 heterocycles. The summed E-state index contributed by atoms with van der Waals surface area (Å²) in [5.74, 6) is 0.832. The quantitative estimate of drug-likeness (QED) is 0.546. The van der Waals surface area contributed by atoms with E-state index in [1.165, 1.54) is 0 Å². The number of hydrogen-bond acceptors (Lipinski definition) is 5. The van der Waals surface area contributed by atoms with Gasteiger partial charge < -0.3 is 15.0 Å². The van der Waals surface area contributed by atoms with Gasteiger partial charge in [-0.1, -0.05) is 44.6 Å². The zero-order chi connectivity index (χ0) is 19.5. The first-order valence-corrected chi connectivity index (χ1v) is 10.6. The molecule has 2 aliphatic rings. The number of ether oxygens (including phenoxy) is 1. The average Bonchev–Trinajstić information content (AvgIpc) is 2.70. The van der Waals surface area contributed by atoms with Crippen LogP contribution in [0.2, 0.25) is 0 Å². The summed E-state index contributed by atoms with van der Waals surface area (Å²) in [6.07, 6.45) is 11.7. The number of likely N-dealkylation sites (N-methyl/N-ethyl adjacent to an activating group) is 1. The van der Waals surface area contributed by atoms with Crippen molar-refractivity contribution in [3.63, 3.8) is 0 Å². The van der Waals surface area contributed by atoms with E-state index in [2.05, 4.69) is 22.1 Å². The number of carbonyl (C=O) groups is 1. The predicted octanol–water partition coefficient (Wildman–Crippen LogP) is 3.31. The standard InChI is InChI=1S/C20H30FN3O2S/c1-3-5-13-26-19-15-17(16-8-6-7-9-18(16)23-19)20(25)22-10-11-24(4-2)12-14-27-21/h6-9,15-16,18H,3-5,10-14H2,1-2H3,(H,22,25). The van der Waals surface area contributed by atoms with Gasteiger partial charge in [-0.3, -0.25) is 4.79 Å².